The van der Waals surface area contributed by atoms with Crippen LogP contribution in [0.1, 0.15) is 18.4 Å². The van der Waals surface area contributed by atoms with Gasteiger partial charge in [0.25, 0.3) is 0 Å². The minimum absolute atomic E-state index is 0.507. The average Bonchev–Trinajstić information content (AvgIpc) is 2.34. The monoisotopic (exact) mass is 216 g/mol. The lowest BCUT2D eigenvalue weighted by Crippen LogP contribution is -1.97. The molecule has 0 radical (unpaired) electrons. The van der Waals surface area contributed by atoms with E-state index >= 15 is 0 Å². The molecule has 0 amide bonds. The zero-order chi connectivity index (χ0) is 11.6. The highest BCUT2D eigenvalue weighted by atomic mass is 16.5. The summed E-state index contributed by atoms with van der Waals surface area (Å²) in [6, 6.07) is 9.02. The average molecular weight is 216 g/mol. The molecule has 0 atom stereocenters. The Morgan fingerprint density at radius 2 is 2.06 bits per heavy atom. The molecular formula is C11H12N4O. The number of unbranched alkanes of at least 4 members (excludes halogenated alkanes) is 1. The number of ether oxygens (including phenoxy) is 1. The van der Waals surface area contributed by atoms with Gasteiger partial charge in [-0.05, 0) is 42.6 Å². The summed E-state index contributed by atoms with van der Waals surface area (Å²) in [7, 11) is 0. The van der Waals surface area contributed by atoms with E-state index in [1.165, 1.54) is 0 Å². The third-order valence-corrected chi connectivity index (χ3v) is 1.97. The molecule has 1 rings (SSSR count). The van der Waals surface area contributed by atoms with Crippen LogP contribution in [-0.4, -0.2) is 13.2 Å². The van der Waals surface area contributed by atoms with Crippen molar-refractivity contribution in [2.75, 3.05) is 13.2 Å². The van der Waals surface area contributed by atoms with Crippen LogP contribution < -0.4 is 4.74 Å². The molecule has 0 fully saturated rings. The van der Waals surface area contributed by atoms with E-state index < -0.39 is 0 Å². The smallest absolute Gasteiger partial charge is 0.119 e. The van der Waals surface area contributed by atoms with E-state index in [0.29, 0.717) is 18.7 Å². The highest BCUT2D eigenvalue weighted by Crippen LogP contribution is 2.11. The number of nitriles is 1. The molecule has 0 heterocycles. The molecule has 5 nitrogen and oxygen atoms in total. The molecule has 16 heavy (non-hydrogen) atoms. The summed E-state index contributed by atoms with van der Waals surface area (Å²) < 4.78 is 5.44. The van der Waals surface area contributed by atoms with Crippen LogP contribution in [-0.2, 0) is 0 Å². The van der Waals surface area contributed by atoms with Crippen LogP contribution in [0, 0.1) is 11.3 Å². The van der Waals surface area contributed by atoms with Gasteiger partial charge in [0.05, 0.1) is 18.2 Å². The SMILES string of the molecule is N#Cc1ccc(OCCCCN=[N+]=[N-])cc1. The van der Waals surface area contributed by atoms with E-state index in [1.54, 1.807) is 24.3 Å². The predicted molar refractivity (Wildman–Crippen MR) is 59.9 cm³/mol. The zero-order valence-electron chi connectivity index (χ0n) is 8.83. The van der Waals surface area contributed by atoms with E-state index in [0.717, 1.165) is 18.6 Å². The summed E-state index contributed by atoms with van der Waals surface area (Å²) in [5.74, 6) is 0.753. The van der Waals surface area contributed by atoms with Gasteiger partial charge in [0.15, 0.2) is 0 Å². The minimum atomic E-state index is 0.507. The van der Waals surface area contributed by atoms with Crippen LogP contribution in [0.15, 0.2) is 29.4 Å². The van der Waals surface area contributed by atoms with Crippen molar-refractivity contribution in [3.63, 3.8) is 0 Å². The Labute approximate surface area is 93.9 Å². The molecule has 0 saturated heterocycles. The first-order chi connectivity index (χ1) is 7.86. The third-order valence-electron chi connectivity index (χ3n) is 1.97. The Hall–Kier alpha value is -2.18. The Balaban J connectivity index is 2.22. The summed E-state index contributed by atoms with van der Waals surface area (Å²) in [5.41, 5.74) is 8.67. The molecule has 0 aromatic heterocycles. The summed E-state index contributed by atoms with van der Waals surface area (Å²) in [6.07, 6.45) is 1.67. The molecule has 1 aromatic carbocycles. The van der Waals surface area contributed by atoms with Gasteiger partial charge in [0.1, 0.15) is 5.75 Å². The Bertz CT molecular complexity index is 401. The summed E-state index contributed by atoms with van der Waals surface area (Å²) in [6.45, 7) is 1.10. The first-order valence-electron chi connectivity index (χ1n) is 5.00. The predicted octanol–water partition coefficient (Wildman–Crippen LogP) is 3.03. The van der Waals surface area contributed by atoms with Gasteiger partial charge in [-0.25, -0.2) is 0 Å². The van der Waals surface area contributed by atoms with Crippen molar-refractivity contribution >= 4 is 0 Å². The van der Waals surface area contributed by atoms with Crippen LogP contribution in [0.3, 0.4) is 0 Å². The van der Waals surface area contributed by atoms with Gasteiger partial charge in [-0.3, -0.25) is 0 Å². The third kappa shape index (κ3) is 4.36. The second kappa shape index (κ2) is 7.16. The Morgan fingerprint density at radius 1 is 1.31 bits per heavy atom. The maximum atomic E-state index is 8.59. The number of hydrogen-bond donors (Lipinski definition) is 0. The van der Waals surface area contributed by atoms with Crippen molar-refractivity contribution in [3.8, 4) is 11.8 Å². The van der Waals surface area contributed by atoms with Crippen LogP contribution in [0.5, 0.6) is 5.75 Å². The molecule has 0 unspecified atom stereocenters. The van der Waals surface area contributed by atoms with Gasteiger partial charge in [0.2, 0.25) is 0 Å². The van der Waals surface area contributed by atoms with Crippen molar-refractivity contribution in [2.45, 2.75) is 12.8 Å². The second-order valence-corrected chi connectivity index (χ2v) is 3.15. The summed E-state index contributed by atoms with van der Waals surface area (Å²) >= 11 is 0. The van der Waals surface area contributed by atoms with Gasteiger partial charge in [0, 0.05) is 11.5 Å². The van der Waals surface area contributed by atoms with E-state index in [9.17, 15) is 0 Å². The van der Waals surface area contributed by atoms with Crippen LogP contribution >= 0.6 is 0 Å². The molecule has 5 heteroatoms. The van der Waals surface area contributed by atoms with Crippen molar-refractivity contribution in [2.24, 2.45) is 5.11 Å². The van der Waals surface area contributed by atoms with Gasteiger partial charge in [-0.15, -0.1) is 0 Å². The highest BCUT2D eigenvalue weighted by molar-refractivity contribution is 5.34. The van der Waals surface area contributed by atoms with Crippen LogP contribution in [0.25, 0.3) is 10.4 Å². The first-order valence-corrected chi connectivity index (χ1v) is 5.00. The fourth-order valence-corrected chi connectivity index (χ4v) is 1.15. The zero-order valence-corrected chi connectivity index (χ0v) is 8.83. The van der Waals surface area contributed by atoms with Crippen molar-refractivity contribution in [1.29, 1.82) is 5.26 Å². The highest BCUT2D eigenvalue weighted by Gasteiger charge is 1.94. The van der Waals surface area contributed by atoms with Gasteiger partial charge in [-0.1, -0.05) is 5.11 Å². The van der Waals surface area contributed by atoms with Crippen molar-refractivity contribution < 1.29 is 4.74 Å². The number of benzene rings is 1. The summed E-state index contributed by atoms with van der Waals surface area (Å²) in [4.78, 5) is 2.66. The topological polar surface area (TPSA) is 81.8 Å². The van der Waals surface area contributed by atoms with Crippen LogP contribution in [0.2, 0.25) is 0 Å². The number of rotatable bonds is 6. The van der Waals surface area contributed by atoms with Gasteiger partial charge in [-0.2, -0.15) is 5.26 Å². The van der Waals surface area contributed by atoms with Gasteiger partial charge < -0.3 is 4.74 Å². The maximum Gasteiger partial charge on any atom is 0.119 e. The Morgan fingerprint density at radius 3 is 2.69 bits per heavy atom. The molecule has 82 valence electrons. The quantitative estimate of drug-likeness (QED) is 0.317. The lowest BCUT2D eigenvalue weighted by Gasteiger charge is -2.04. The fourth-order valence-electron chi connectivity index (χ4n) is 1.15. The minimum Gasteiger partial charge on any atom is -0.494 e. The molecule has 0 spiro atoms. The number of hydrogen-bond acceptors (Lipinski definition) is 3. The van der Waals surface area contributed by atoms with Crippen molar-refractivity contribution in [1.82, 2.24) is 0 Å². The second-order valence-electron chi connectivity index (χ2n) is 3.15. The normalized spacial score (nSPS) is 8.94. The maximum absolute atomic E-state index is 8.59. The lowest BCUT2D eigenvalue weighted by atomic mass is 10.2. The number of azide groups is 1. The van der Waals surface area contributed by atoms with Gasteiger partial charge >= 0.3 is 0 Å². The standard InChI is InChI=1S/C11H12N4O/c12-9-10-3-5-11(6-4-10)16-8-2-1-7-14-15-13/h3-6H,1-2,7-8H2. The van der Waals surface area contributed by atoms with E-state index in [2.05, 4.69) is 10.0 Å². The summed E-state index contributed by atoms with van der Waals surface area (Å²) in [5, 5.41) is 12.0. The van der Waals surface area contributed by atoms with Crippen LogP contribution in [0.4, 0.5) is 0 Å². The molecule has 0 N–H and O–H groups in total. The molecule has 1 aromatic rings. The van der Waals surface area contributed by atoms with E-state index in [1.807, 2.05) is 6.07 Å². The fraction of sp³-hybridized carbons (Fsp3) is 0.364. The molecular weight excluding hydrogens is 204 g/mol. The van der Waals surface area contributed by atoms with Crippen molar-refractivity contribution in [3.05, 3.63) is 40.3 Å². The van der Waals surface area contributed by atoms with E-state index in [4.69, 9.17) is 15.5 Å². The largest absolute Gasteiger partial charge is 0.494 e. The molecule has 0 aliphatic rings. The number of nitrogens with zero attached hydrogens (tertiary/aromatic N) is 4. The first kappa shape index (κ1) is 11.9. The molecule has 0 saturated carbocycles. The molecule has 0 aliphatic heterocycles. The molecule has 0 aliphatic carbocycles. The molecule has 0 bridgehead atoms. The lowest BCUT2D eigenvalue weighted by molar-refractivity contribution is 0.308. The van der Waals surface area contributed by atoms with E-state index in [-0.39, 0.29) is 0 Å². The Kier molecular flexibility index (Phi) is 5.32.